The molecule has 7 nitrogen and oxygen atoms in total. The molecule has 1 aromatic rings. The second-order valence-electron chi connectivity index (χ2n) is 7.46. The molecule has 26 heavy (non-hydrogen) atoms. The maximum absolute atomic E-state index is 12.5. The topological polar surface area (TPSA) is 75.4 Å². The van der Waals surface area contributed by atoms with Gasteiger partial charge in [-0.25, -0.2) is 8.42 Å². The normalized spacial score (nSPS) is 25.8. The first-order valence-corrected chi connectivity index (χ1v) is 10.9. The smallest absolute Gasteiger partial charge is 0.282 e. The summed E-state index contributed by atoms with van der Waals surface area (Å²) in [6, 6.07) is 6.41. The molecule has 8 heteroatoms. The van der Waals surface area contributed by atoms with E-state index in [-0.39, 0.29) is 16.8 Å². The van der Waals surface area contributed by atoms with Crippen molar-refractivity contribution in [3.05, 3.63) is 24.3 Å². The summed E-state index contributed by atoms with van der Waals surface area (Å²) in [5, 5.41) is 2.92. The molecule has 0 radical (unpaired) electrons. The average Bonchev–Trinajstić information content (AvgIpc) is 3.18. The SMILES string of the molecule is C[C@H](C(=O)Nc1ccc(S(=O)(=O)N2CCCC2)cc1)[NH+]1CC[NH+](C)CC1. The van der Waals surface area contributed by atoms with Gasteiger partial charge in [-0.3, -0.25) is 4.79 Å². The highest BCUT2D eigenvalue weighted by Crippen LogP contribution is 2.22. The van der Waals surface area contributed by atoms with Gasteiger partial charge in [0.05, 0.1) is 11.9 Å². The van der Waals surface area contributed by atoms with E-state index in [1.165, 1.54) is 14.1 Å². The van der Waals surface area contributed by atoms with E-state index < -0.39 is 10.0 Å². The number of likely N-dealkylation sites (N-methyl/N-ethyl adjacent to an activating group) is 1. The van der Waals surface area contributed by atoms with E-state index in [0.717, 1.165) is 39.0 Å². The number of quaternary nitrogens is 2. The number of nitrogens with one attached hydrogen (secondary N) is 3. The van der Waals surface area contributed by atoms with Crippen LogP contribution in [-0.2, 0) is 14.8 Å². The van der Waals surface area contributed by atoms with Gasteiger partial charge in [-0.05, 0) is 44.0 Å². The number of anilines is 1. The number of hydrogen-bond donors (Lipinski definition) is 3. The zero-order valence-corrected chi connectivity index (χ0v) is 16.4. The average molecular weight is 383 g/mol. The van der Waals surface area contributed by atoms with E-state index in [0.29, 0.717) is 18.8 Å². The predicted octanol–water partition coefficient (Wildman–Crippen LogP) is -1.79. The van der Waals surface area contributed by atoms with Crippen molar-refractivity contribution in [2.45, 2.75) is 30.7 Å². The molecule has 144 valence electrons. The Morgan fingerprint density at radius 1 is 1.08 bits per heavy atom. The molecule has 2 saturated heterocycles. The molecule has 1 amide bonds. The van der Waals surface area contributed by atoms with E-state index in [9.17, 15) is 13.2 Å². The highest BCUT2D eigenvalue weighted by Gasteiger charge is 2.30. The minimum absolute atomic E-state index is 0.0188. The van der Waals surface area contributed by atoms with Gasteiger partial charge in [-0.15, -0.1) is 0 Å². The van der Waals surface area contributed by atoms with Gasteiger partial charge in [0.15, 0.2) is 6.04 Å². The maximum Gasteiger partial charge on any atom is 0.282 e. The summed E-state index contributed by atoms with van der Waals surface area (Å²) in [6.07, 6.45) is 1.84. The van der Waals surface area contributed by atoms with Crippen LogP contribution in [0.3, 0.4) is 0 Å². The van der Waals surface area contributed by atoms with E-state index >= 15 is 0 Å². The number of benzene rings is 1. The summed E-state index contributed by atoms with van der Waals surface area (Å²) in [6.45, 7) is 7.28. The van der Waals surface area contributed by atoms with Crippen LogP contribution in [0.4, 0.5) is 5.69 Å². The lowest BCUT2D eigenvalue weighted by atomic mass is 10.2. The molecule has 2 fully saturated rings. The molecule has 2 aliphatic rings. The van der Waals surface area contributed by atoms with Crippen LogP contribution >= 0.6 is 0 Å². The Morgan fingerprint density at radius 3 is 2.23 bits per heavy atom. The molecular weight excluding hydrogens is 352 g/mol. The Bertz CT molecular complexity index is 721. The molecule has 2 aliphatic heterocycles. The van der Waals surface area contributed by atoms with Crippen molar-refractivity contribution >= 4 is 21.6 Å². The van der Waals surface area contributed by atoms with Crippen molar-refractivity contribution in [1.82, 2.24) is 4.31 Å². The second kappa shape index (κ2) is 8.04. The third kappa shape index (κ3) is 4.25. The molecule has 1 atom stereocenters. The lowest BCUT2D eigenvalue weighted by molar-refractivity contribution is -1.01. The molecule has 0 aliphatic carbocycles. The van der Waals surface area contributed by atoms with Gasteiger partial charge in [0.25, 0.3) is 5.91 Å². The van der Waals surface area contributed by atoms with Crippen molar-refractivity contribution in [3.63, 3.8) is 0 Å². The van der Waals surface area contributed by atoms with Crippen LogP contribution in [0.2, 0.25) is 0 Å². The quantitative estimate of drug-likeness (QED) is 0.563. The van der Waals surface area contributed by atoms with Gasteiger partial charge in [-0.1, -0.05) is 0 Å². The van der Waals surface area contributed by atoms with E-state index in [4.69, 9.17) is 0 Å². The van der Waals surface area contributed by atoms with Gasteiger partial charge in [0, 0.05) is 18.8 Å². The second-order valence-corrected chi connectivity index (χ2v) is 9.40. The zero-order chi connectivity index (χ0) is 18.7. The van der Waals surface area contributed by atoms with Crippen molar-refractivity contribution in [2.24, 2.45) is 0 Å². The van der Waals surface area contributed by atoms with Crippen LogP contribution in [-0.4, -0.2) is 71.0 Å². The Kier molecular flexibility index (Phi) is 5.96. The third-order valence-corrected chi connectivity index (χ3v) is 7.49. The number of hydrogen-bond acceptors (Lipinski definition) is 3. The van der Waals surface area contributed by atoms with Crippen molar-refractivity contribution in [1.29, 1.82) is 0 Å². The minimum Gasteiger partial charge on any atom is -0.328 e. The molecule has 0 spiro atoms. The highest BCUT2D eigenvalue weighted by molar-refractivity contribution is 7.89. The number of carbonyl (C=O) groups is 1. The fourth-order valence-corrected chi connectivity index (χ4v) is 5.17. The molecule has 2 heterocycles. The monoisotopic (exact) mass is 382 g/mol. The summed E-state index contributed by atoms with van der Waals surface area (Å²) in [5.41, 5.74) is 0.640. The molecule has 0 saturated carbocycles. The van der Waals surface area contributed by atoms with Gasteiger partial charge < -0.3 is 15.1 Å². The Hall–Kier alpha value is -1.48. The number of nitrogens with zero attached hydrogens (tertiary/aromatic N) is 1. The first-order valence-electron chi connectivity index (χ1n) is 9.45. The van der Waals surface area contributed by atoms with Crippen LogP contribution in [0.1, 0.15) is 19.8 Å². The largest absolute Gasteiger partial charge is 0.328 e. The zero-order valence-electron chi connectivity index (χ0n) is 15.6. The van der Waals surface area contributed by atoms with Gasteiger partial charge in [-0.2, -0.15) is 4.31 Å². The molecule has 1 aromatic carbocycles. The summed E-state index contributed by atoms with van der Waals surface area (Å²) in [5.74, 6) is -0.0188. The fourth-order valence-electron chi connectivity index (χ4n) is 3.65. The van der Waals surface area contributed by atoms with Crippen molar-refractivity contribution in [3.8, 4) is 0 Å². The van der Waals surface area contributed by atoms with E-state index in [1.807, 2.05) is 6.92 Å². The number of sulfonamides is 1. The maximum atomic E-state index is 12.5. The first-order chi connectivity index (χ1) is 12.4. The summed E-state index contributed by atoms with van der Waals surface area (Å²) in [4.78, 5) is 15.6. The number of amides is 1. The van der Waals surface area contributed by atoms with Crippen LogP contribution in [0.15, 0.2) is 29.2 Å². The number of rotatable bonds is 5. The number of piperazine rings is 1. The van der Waals surface area contributed by atoms with Gasteiger partial charge in [0.1, 0.15) is 26.2 Å². The standard InChI is InChI=1S/C18H28N4O3S/c1-15(21-13-11-20(2)12-14-21)18(23)19-16-5-7-17(8-6-16)26(24,25)22-9-3-4-10-22/h5-8,15H,3-4,9-14H2,1-2H3,(H,19,23)/p+2/t15-/m1/s1. The van der Waals surface area contributed by atoms with E-state index in [2.05, 4.69) is 12.4 Å². The lowest BCUT2D eigenvalue weighted by Crippen LogP contribution is -3.29. The number of carbonyl (C=O) groups excluding carboxylic acids is 1. The lowest BCUT2D eigenvalue weighted by Gasteiger charge is -2.30. The van der Waals surface area contributed by atoms with Crippen LogP contribution in [0.5, 0.6) is 0 Å². The molecule has 0 bridgehead atoms. The third-order valence-electron chi connectivity index (χ3n) is 5.58. The first kappa shape index (κ1) is 19.3. The summed E-state index contributed by atoms with van der Waals surface area (Å²) < 4.78 is 26.6. The van der Waals surface area contributed by atoms with Crippen LogP contribution < -0.4 is 15.1 Å². The summed E-state index contributed by atoms with van der Waals surface area (Å²) in [7, 11) is -1.23. The van der Waals surface area contributed by atoms with Crippen molar-refractivity contribution < 1.29 is 23.0 Å². The molecular formula is C18H30N4O3S+2. The molecule has 3 rings (SSSR count). The van der Waals surface area contributed by atoms with Crippen LogP contribution in [0.25, 0.3) is 0 Å². The fraction of sp³-hybridized carbons (Fsp3) is 0.611. The summed E-state index contributed by atoms with van der Waals surface area (Å²) >= 11 is 0. The van der Waals surface area contributed by atoms with E-state index in [1.54, 1.807) is 24.3 Å². The van der Waals surface area contributed by atoms with Crippen molar-refractivity contribution in [2.75, 3.05) is 51.6 Å². The van der Waals surface area contributed by atoms with Crippen LogP contribution in [0, 0.1) is 0 Å². The van der Waals surface area contributed by atoms with Gasteiger partial charge in [0.2, 0.25) is 10.0 Å². The van der Waals surface area contributed by atoms with Gasteiger partial charge >= 0.3 is 0 Å². The Balaban J connectivity index is 1.61. The molecule has 0 aromatic heterocycles. The molecule has 3 N–H and O–H groups in total. The molecule has 0 unspecified atom stereocenters. The highest BCUT2D eigenvalue weighted by atomic mass is 32.2. The Morgan fingerprint density at radius 2 is 1.65 bits per heavy atom. The minimum atomic E-state index is -3.41. The Labute approximate surface area is 156 Å². The predicted molar refractivity (Wildman–Crippen MR) is 99.8 cm³/mol.